The molecule has 1 fully saturated rings. The van der Waals surface area contributed by atoms with E-state index in [4.69, 9.17) is 20.3 Å². The van der Waals surface area contributed by atoms with Crippen molar-refractivity contribution in [3.63, 3.8) is 0 Å². The Morgan fingerprint density at radius 2 is 1.71 bits per heavy atom. The number of rotatable bonds is 12. The lowest BCUT2D eigenvalue weighted by molar-refractivity contribution is -0.266. The van der Waals surface area contributed by atoms with Crippen LogP contribution in [0.2, 0.25) is 0 Å². The molecule has 1 aliphatic rings. The number of nitrogens with two attached hydrogens (primary N) is 1. The number of carbonyl (C=O) groups is 5. The molecule has 0 aliphatic carbocycles. The maximum Gasteiger partial charge on any atom is 0.303 e. The van der Waals surface area contributed by atoms with Crippen molar-refractivity contribution in [2.45, 2.75) is 82.4 Å². The fourth-order valence-corrected chi connectivity index (χ4v) is 3.18. The molecule has 9 N–H and O–H groups in total. The van der Waals surface area contributed by atoms with E-state index >= 15 is 0 Å². The van der Waals surface area contributed by atoms with Crippen LogP contribution in [0.25, 0.3) is 0 Å². The van der Waals surface area contributed by atoms with Gasteiger partial charge in [0.25, 0.3) is 0 Å². The summed E-state index contributed by atoms with van der Waals surface area (Å²) in [6.07, 6.45) is -7.74. The molecular formula is C19H32N4O11. The maximum atomic E-state index is 12.5. The number of carboxylic acid groups (broad SMARTS) is 1. The van der Waals surface area contributed by atoms with Gasteiger partial charge in [0, 0.05) is 13.3 Å². The summed E-state index contributed by atoms with van der Waals surface area (Å²) in [5, 5.41) is 45.5. The Morgan fingerprint density at radius 3 is 2.21 bits per heavy atom. The molecule has 15 heteroatoms. The summed E-state index contributed by atoms with van der Waals surface area (Å²) in [6, 6.07) is -3.71. The van der Waals surface area contributed by atoms with Gasteiger partial charge in [-0.3, -0.25) is 24.0 Å². The second-order valence-corrected chi connectivity index (χ2v) is 7.83. The minimum Gasteiger partial charge on any atom is -0.481 e. The van der Waals surface area contributed by atoms with Gasteiger partial charge in [0.05, 0.1) is 6.61 Å². The van der Waals surface area contributed by atoms with E-state index in [-0.39, 0.29) is 6.42 Å². The fraction of sp³-hybridized carbons (Fsp3) is 0.737. The molecule has 1 heterocycles. The SMILES string of the molecule is CC(=O)NC1C(O)OC(CO)C(O)C1OC(C)C(=O)NC(C)C(=O)NC(CCC(=O)O)C(N)=O. The van der Waals surface area contributed by atoms with Gasteiger partial charge in [-0.25, -0.2) is 0 Å². The number of carbonyl (C=O) groups excluding carboxylic acids is 4. The smallest absolute Gasteiger partial charge is 0.303 e. The van der Waals surface area contributed by atoms with Gasteiger partial charge in [0.15, 0.2) is 6.29 Å². The Bertz CT molecular complexity index is 765. The maximum absolute atomic E-state index is 12.5. The highest BCUT2D eigenvalue weighted by Crippen LogP contribution is 2.23. The highest BCUT2D eigenvalue weighted by molar-refractivity contribution is 5.92. The third-order valence-electron chi connectivity index (χ3n) is 5.03. The fourth-order valence-electron chi connectivity index (χ4n) is 3.18. The van der Waals surface area contributed by atoms with Crippen LogP contribution in [0, 0.1) is 0 Å². The number of carboxylic acids is 1. The standard InChI is InChI=1S/C19H32N4O11/c1-7(17(30)23-10(16(20)29)4-5-12(26)27)21-18(31)8(2)33-15-13(22-9(3)25)19(32)34-11(6-24)14(15)28/h7-8,10-11,13-15,19,24,28,32H,4-6H2,1-3H3,(H2,20,29)(H,21,31)(H,22,25)(H,23,30)(H,26,27). The minimum atomic E-state index is -1.65. The van der Waals surface area contributed by atoms with Gasteiger partial charge in [-0.05, 0) is 20.3 Å². The highest BCUT2D eigenvalue weighted by atomic mass is 16.6. The predicted octanol–water partition coefficient (Wildman–Crippen LogP) is -4.33. The normalized spacial score (nSPS) is 27.1. The van der Waals surface area contributed by atoms with Crippen molar-refractivity contribution in [3.8, 4) is 0 Å². The number of hydrogen-bond donors (Lipinski definition) is 8. The molecule has 8 unspecified atom stereocenters. The van der Waals surface area contributed by atoms with Gasteiger partial charge in [0.1, 0.15) is 42.5 Å². The number of hydrogen-bond acceptors (Lipinski definition) is 10. The summed E-state index contributed by atoms with van der Waals surface area (Å²) in [5.74, 6) is -4.34. The second kappa shape index (κ2) is 13.1. The molecular weight excluding hydrogens is 460 g/mol. The first-order valence-corrected chi connectivity index (χ1v) is 10.4. The Balaban J connectivity index is 2.80. The summed E-state index contributed by atoms with van der Waals surface area (Å²) >= 11 is 0. The van der Waals surface area contributed by atoms with Gasteiger partial charge < -0.3 is 51.6 Å². The Morgan fingerprint density at radius 1 is 1.09 bits per heavy atom. The number of nitrogens with one attached hydrogen (secondary N) is 3. The molecule has 1 aliphatic heterocycles. The van der Waals surface area contributed by atoms with Crippen LogP contribution in [0.1, 0.15) is 33.6 Å². The number of aliphatic hydroxyl groups is 3. The van der Waals surface area contributed by atoms with Gasteiger partial charge >= 0.3 is 5.97 Å². The Labute approximate surface area is 195 Å². The Hall–Kier alpha value is -2.85. The lowest BCUT2D eigenvalue weighted by Gasteiger charge is -2.43. The van der Waals surface area contributed by atoms with Crippen molar-refractivity contribution in [3.05, 3.63) is 0 Å². The summed E-state index contributed by atoms with van der Waals surface area (Å²) in [4.78, 5) is 58.4. The van der Waals surface area contributed by atoms with Crippen molar-refractivity contribution in [2.75, 3.05) is 6.61 Å². The van der Waals surface area contributed by atoms with E-state index < -0.39 is 91.5 Å². The average Bonchev–Trinajstić information content (AvgIpc) is 2.74. The van der Waals surface area contributed by atoms with Crippen molar-refractivity contribution in [2.24, 2.45) is 5.73 Å². The molecule has 0 aromatic rings. The van der Waals surface area contributed by atoms with Gasteiger partial charge in [-0.15, -0.1) is 0 Å². The Kier molecular flexibility index (Phi) is 11.3. The molecule has 0 bridgehead atoms. The molecule has 0 saturated carbocycles. The van der Waals surface area contributed by atoms with E-state index in [1.165, 1.54) is 13.8 Å². The lowest BCUT2D eigenvalue weighted by Crippen LogP contribution is -2.65. The van der Waals surface area contributed by atoms with Crippen molar-refractivity contribution < 1.29 is 53.9 Å². The first-order chi connectivity index (χ1) is 15.8. The molecule has 15 nitrogen and oxygen atoms in total. The average molecular weight is 492 g/mol. The van der Waals surface area contributed by atoms with Crippen LogP contribution in [-0.4, -0.2) is 105 Å². The molecule has 1 rings (SSSR count). The second-order valence-electron chi connectivity index (χ2n) is 7.83. The van der Waals surface area contributed by atoms with E-state index in [2.05, 4.69) is 16.0 Å². The van der Waals surface area contributed by atoms with Gasteiger partial charge in [-0.1, -0.05) is 0 Å². The quantitative estimate of drug-likeness (QED) is 0.129. The van der Waals surface area contributed by atoms with Crippen LogP contribution in [0.4, 0.5) is 0 Å². The van der Waals surface area contributed by atoms with Crippen LogP contribution >= 0.6 is 0 Å². The van der Waals surface area contributed by atoms with Crippen LogP contribution in [0.5, 0.6) is 0 Å². The van der Waals surface area contributed by atoms with Gasteiger partial charge in [0.2, 0.25) is 23.6 Å². The zero-order valence-corrected chi connectivity index (χ0v) is 19.0. The molecule has 1 saturated heterocycles. The molecule has 0 radical (unpaired) electrons. The number of aliphatic carboxylic acids is 1. The van der Waals surface area contributed by atoms with E-state index in [1.54, 1.807) is 0 Å². The highest BCUT2D eigenvalue weighted by Gasteiger charge is 2.47. The zero-order valence-electron chi connectivity index (χ0n) is 19.0. The van der Waals surface area contributed by atoms with E-state index in [9.17, 15) is 39.3 Å². The number of primary amides is 1. The van der Waals surface area contributed by atoms with E-state index in [0.29, 0.717) is 0 Å². The van der Waals surface area contributed by atoms with Crippen LogP contribution in [-0.2, 0) is 33.4 Å². The number of ether oxygens (including phenoxy) is 2. The topological polar surface area (TPSA) is 247 Å². The predicted molar refractivity (Wildman–Crippen MR) is 112 cm³/mol. The van der Waals surface area contributed by atoms with Crippen LogP contribution in [0.15, 0.2) is 0 Å². The van der Waals surface area contributed by atoms with Crippen molar-refractivity contribution >= 4 is 29.6 Å². The van der Waals surface area contributed by atoms with Crippen LogP contribution in [0.3, 0.4) is 0 Å². The lowest BCUT2D eigenvalue weighted by atomic mass is 9.96. The molecule has 34 heavy (non-hydrogen) atoms. The monoisotopic (exact) mass is 492 g/mol. The third kappa shape index (κ3) is 8.49. The zero-order chi connectivity index (χ0) is 26.2. The molecule has 4 amide bonds. The summed E-state index contributed by atoms with van der Waals surface area (Å²) in [5.41, 5.74) is 5.16. The molecule has 194 valence electrons. The van der Waals surface area contributed by atoms with Gasteiger partial charge in [-0.2, -0.15) is 0 Å². The largest absolute Gasteiger partial charge is 0.481 e. The molecule has 0 aromatic carbocycles. The van der Waals surface area contributed by atoms with Crippen molar-refractivity contribution in [1.29, 1.82) is 0 Å². The van der Waals surface area contributed by atoms with Crippen molar-refractivity contribution in [1.82, 2.24) is 16.0 Å². The molecule has 8 atom stereocenters. The first kappa shape index (κ1) is 29.2. The summed E-state index contributed by atoms with van der Waals surface area (Å²) < 4.78 is 10.6. The third-order valence-corrected chi connectivity index (χ3v) is 5.03. The summed E-state index contributed by atoms with van der Waals surface area (Å²) in [6.45, 7) is 3.06. The number of amides is 4. The van der Waals surface area contributed by atoms with E-state index in [1.807, 2.05) is 0 Å². The van der Waals surface area contributed by atoms with Crippen LogP contribution < -0.4 is 21.7 Å². The first-order valence-electron chi connectivity index (χ1n) is 10.4. The molecule has 0 aromatic heterocycles. The minimum absolute atomic E-state index is 0.239. The number of aliphatic hydroxyl groups excluding tert-OH is 3. The molecule has 0 spiro atoms. The van der Waals surface area contributed by atoms with E-state index in [0.717, 1.165) is 6.92 Å². The summed E-state index contributed by atoms with van der Waals surface area (Å²) in [7, 11) is 0.